The van der Waals surface area contributed by atoms with Crippen LogP contribution in [0.25, 0.3) is 10.9 Å². The van der Waals surface area contributed by atoms with Crippen molar-refractivity contribution in [1.82, 2.24) is 9.55 Å². The lowest BCUT2D eigenvalue weighted by Gasteiger charge is -1.99. The Labute approximate surface area is 88.7 Å². The predicted octanol–water partition coefficient (Wildman–Crippen LogP) is 2.83. The largest absolute Gasteiger partial charge is 0.348 e. The third-order valence-corrected chi connectivity index (χ3v) is 2.95. The third-order valence-electron chi connectivity index (χ3n) is 1.82. The highest BCUT2D eigenvalue weighted by Crippen LogP contribution is 2.25. The molecule has 0 aliphatic heterocycles. The number of aryl methyl sites for hydroxylation is 1. The molecule has 12 heavy (non-hydrogen) atoms. The van der Waals surface area contributed by atoms with Crippen molar-refractivity contribution in [3.05, 3.63) is 27.2 Å². The van der Waals surface area contributed by atoms with Gasteiger partial charge < -0.3 is 4.57 Å². The molecule has 2 heterocycles. The first kappa shape index (κ1) is 8.31. The fourth-order valence-corrected chi connectivity index (χ4v) is 2.08. The van der Waals surface area contributed by atoms with Gasteiger partial charge in [-0.05, 0) is 28.7 Å². The van der Waals surface area contributed by atoms with Crippen molar-refractivity contribution < 1.29 is 0 Å². The molecule has 0 bridgehead atoms. The molecule has 0 aliphatic rings. The summed E-state index contributed by atoms with van der Waals surface area (Å²) in [5.74, 6) is 0. The summed E-state index contributed by atoms with van der Waals surface area (Å²) >= 11 is 8.19. The van der Waals surface area contributed by atoms with Crippen LogP contribution in [0.4, 0.5) is 0 Å². The Morgan fingerprint density at radius 2 is 2.33 bits per heavy atom. The monoisotopic (exact) mass is 292 g/mol. The Balaban J connectivity index is 2.98. The predicted molar refractivity (Wildman–Crippen MR) is 58.4 cm³/mol. The Morgan fingerprint density at radius 3 is 3.00 bits per heavy atom. The van der Waals surface area contributed by atoms with E-state index in [1.54, 1.807) is 6.20 Å². The highest BCUT2D eigenvalue weighted by atomic mass is 127. The maximum atomic E-state index is 5.94. The summed E-state index contributed by atoms with van der Waals surface area (Å²) in [6.45, 7) is 0. The Bertz CT molecular complexity index is 436. The molecule has 2 aromatic heterocycles. The molecule has 0 N–H and O–H groups in total. The zero-order valence-corrected chi connectivity index (χ0v) is 9.30. The van der Waals surface area contributed by atoms with Crippen molar-refractivity contribution in [1.29, 1.82) is 0 Å². The molecule has 0 saturated carbocycles. The van der Waals surface area contributed by atoms with Crippen molar-refractivity contribution in [3.63, 3.8) is 0 Å². The van der Waals surface area contributed by atoms with E-state index in [4.69, 9.17) is 11.6 Å². The van der Waals surface area contributed by atoms with E-state index in [1.807, 2.05) is 23.9 Å². The van der Waals surface area contributed by atoms with E-state index in [1.165, 1.54) is 0 Å². The van der Waals surface area contributed by atoms with E-state index in [9.17, 15) is 0 Å². The summed E-state index contributed by atoms with van der Waals surface area (Å²) < 4.78 is 3.11. The molecule has 0 unspecified atom stereocenters. The lowest BCUT2D eigenvalue weighted by molar-refractivity contribution is 0.965. The molecule has 4 heteroatoms. The number of pyridine rings is 1. The van der Waals surface area contributed by atoms with Gasteiger partial charge in [-0.2, -0.15) is 0 Å². The van der Waals surface area contributed by atoms with Gasteiger partial charge in [0.2, 0.25) is 0 Å². The van der Waals surface area contributed by atoms with Gasteiger partial charge in [0.1, 0.15) is 0 Å². The molecule has 0 aliphatic carbocycles. The maximum Gasteiger partial charge on any atom is 0.153 e. The van der Waals surface area contributed by atoms with Crippen LogP contribution in [-0.2, 0) is 7.05 Å². The van der Waals surface area contributed by atoms with Crippen LogP contribution in [-0.4, -0.2) is 9.55 Å². The van der Waals surface area contributed by atoms with Crippen LogP contribution in [0, 0.1) is 3.57 Å². The summed E-state index contributed by atoms with van der Waals surface area (Å²) in [4.78, 5) is 4.08. The molecule has 2 nitrogen and oxygen atoms in total. The third kappa shape index (κ3) is 1.11. The number of nitrogens with zero attached hydrogens (tertiary/aromatic N) is 2. The molecule has 0 atom stereocenters. The summed E-state index contributed by atoms with van der Waals surface area (Å²) in [6, 6.07) is 2.05. The van der Waals surface area contributed by atoms with Crippen molar-refractivity contribution in [2.24, 2.45) is 7.05 Å². The van der Waals surface area contributed by atoms with Gasteiger partial charge in [0, 0.05) is 28.4 Å². The van der Waals surface area contributed by atoms with E-state index >= 15 is 0 Å². The minimum atomic E-state index is 0.568. The summed E-state index contributed by atoms with van der Waals surface area (Å²) in [6.07, 6.45) is 3.77. The number of hydrogen-bond acceptors (Lipinski definition) is 1. The van der Waals surface area contributed by atoms with Gasteiger partial charge in [0.25, 0.3) is 0 Å². The molecule has 2 aromatic rings. The van der Waals surface area contributed by atoms with E-state index in [0.717, 1.165) is 14.5 Å². The van der Waals surface area contributed by atoms with Crippen LogP contribution in [0.5, 0.6) is 0 Å². The molecule has 0 radical (unpaired) electrons. The molecular formula is C8H6ClIN2. The second kappa shape index (κ2) is 2.88. The Hall–Kier alpha value is -0.290. The minimum Gasteiger partial charge on any atom is -0.348 e. The van der Waals surface area contributed by atoms with Gasteiger partial charge in [0.15, 0.2) is 5.15 Å². The quantitative estimate of drug-likeness (QED) is 0.539. The zero-order valence-electron chi connectivity index (χ0n) is 6.38. The van der Waals surface area contributed by atoms with Crippen LogP contribution < -0.4 is 0 Å². The van der Waals surface area contributed by atoms with Crippen molar-refractivity contribution >= 4 is 45.1 Å². The van der Waals surface area contributed by atoms with Gasteiger partial charge in [-0.25, -0.2) is 4.98 Å². The van der Waals surface area contributed by atoms with Crippen LogP contribution in [0.1, 0.15) is 0 Å². The second-order valence-electron chi connectivity index (χ2n) is 2.59. The first-order valence-corrected chi connectivity index (χ1v) is 4.91. The smallest absolute Gasteiger partial charge is 0.153 e. The van der Waals surface area contributed by atoms with E-state index in [2.05, 4.69) is 27.6 Å². The van der Waals surface area contributed by atoms with Gasteiger partial charge in [-0.1, -0.05) is 11.6 Å². The van der Waals surface area contributed by atoms with Crippen LogP contribution in [0.15, 0.2) is 18.5 Å². The first-order valence-electron chi connectivity index (χ1n) is 3.45. The lowest BCUT2D eigenvalue weighted by Crippen LogP contribution is -1.88. The number of fused-ring (bicyclic) bond motifs is 1. The first-order chi connectivity index (χ1) is 5.70. The van der Waals surface area contributed by atoms with Crippen molar-refractivity contribution in [3.8, 4) is 0 Å². The van der Waals surface area contributed by atoms with Crippen molar-refractivity contribution in [2.45, 2.75) is 0 Å². The molecule has 0 amide bonds. The fraction of sp³-hybridized carbons (Fsp3) is 0.125. The minimum absolute atomic E-state index is 0.568. The fourth-order valence-electron chi connectivity index (χ4n) is 1.22. The number of halogens is 2. The summed E-state index contributed by atoms with van der Waals surface area (Å²) in [7, 11) is 1.96. The molecule has 0 saturated heterocycles. The van der Waals surface area contributed by atoms with Crippen LogP contribution >= 0.6 is 34.2 Å². The molecule has 0 spiro atoms. The molecule has 0 fully saturated rings. The lowest BCUT2D eigenvalue weighted by atomic mass is 10.3. The van der Waals surface area contributed by atoms with E-state index < -0.39 is 0 Å². The van der Waals surface area contributed by atoms with Gasteiger partial charge in [0.05, 0.1) is 5.52 Å². The normalized spacial score (nSPS) is 10.9. The Morgan fingerprint density at radius 1 is 1.58 bits per heavy atom. The van der Waals surface area contributed by atoms with E-state index in [0.29, 0.717) is 5.15 Å². The van der Waals surface area contributed by atoms with Gasteiger partial charge in [-0.3, -0.25) is 0 Å². The maximum absolute atomic E-state index is 5.94. The molecule has 62 valence electrons. The highest BCUT2D eigenvalue weighted by Gasteiger charge is 2.06. The van der Waals surface area contributed by atoms with E-state index in [-0.39, 0.29) is 0 Å². The van der Waals surface area contributed by atoms with Gasteiger partial charge in [-0.15, -0.1) is 0 Å². The zero-order chi connectivity index (χ0) is 8.72. The molecule has 2 rings (SSSR count). The van der Waals surface area contributed by atoms with Crippen LogP contribution in [0.3, 0.4) is 0 Å². The average Bonchev–Trinajstić information content (AvgIpc) is 2.42. The van der Waals surface area contributed by atoms with Crippen molar-refractivity contribution in [2.75, 3.05) is 0 Å². The average molecular weight is 293 g/mol. The molecular weight excluding hydrogens is 286 g/mol. The number of rotatable bonds is 0. The highest BCUT2D eigenvalue weighted by molar-refractivity contribution is 14.1. The summed E-state index contributed by atoms with van der Waals surface area (Å²) in [5.41, 5.74) is 1.00. The Kier molecular flexibility index (Phi) is 2.00. The SMILES string of the molecule is Cn1ccc2c(I)cnc(Cl)c21. The standard InChI is InChI=1S/C8H6ClIN2/c1-12-3-2-5-6(10)4-11-8(9)7(5)12/h2-4H,1H3. The number of aromatic nitrogens is 2. The molecule has 0 aromatic carbocycles. The van der Waals surface area contributed by atoms with Crippen LogP contribution in [0.2, 0.25) is 5.15 Å². The van der Waals surface area contributed by atoms with Gasteiger partial charge >= 0.3 is 0 Å². The number of hydrogen-bond donors (Lipinski definition) is 0. The topological polar surface area (TPSA) is 17.8 Å². The summed E-state index contributed by atoms with van der Waals surface area (Å²) in [5, 5.41) is 1.73. The second-order valence-corrected chi connectivity index (χ2v) is 4.11.